The van der Waals surface area contributed by atoms with Gasteiger partial charge in [-0.05, 0) is 24.3 Å². The molecule has 1 aromatic rings. The van der Waals surface area contributed by atoms with Gasteiger partial charge in [0.2, 0.25) is 0 Å². The van der Waals surface area contributed by atoms with Crippen LogP contribution in [0.3, 0.4) is 0 Å². The minimum Gasteiger partial charge on any atom is -0.465 e. The fraction of sp³-hybridized carbons (Fsp3) is 0.600. The minimum atomic E-state index is -4.06. The van der Waals surface area contributed by atoms with Gasteiger partial charge in [0.15, 0.2) is 4.21 Å². The third-order valence-corrected chi connectivity index (χ3v) is 7.53. The molecular formula is C15H23ClN4O5S2. The minimum absolute atomic E-state index is 0.0109. The monoisotopic (exact) mass is 438 g/mol. The maximum atomic E-state index is 12.9. The van der Waals surface area contributed by atoms with E-state index in [9.17, 15) is 23.1 Å². The van der Waals surface area contributed by atoms with E-state index in [1.54, 1.807) is 0 Å². The van der Waals surface area contributed by atoms with Crippen molar-refractivity contribution in [2.24, 2.45) is 11.1 Å². The van der Waals surface area contributed by atoms with Crippen LogP contribution in [0, 0.1) is 5.41 Å². The van der Waals surface area contributed by atoms with Gasteiger partial charge < -0.3 is 21.1 Å². The van der Waals surface area contributed by atoms with E-state index in [4.69, 9.17) is 17.3 Å². The van der Waals surface area contributed by atoms with Gasteiger partial charge >= 0.3 is 12.1 Å². The van der Waals surface area contributed by atoms with Crippen LogP contribution in [-0.2, 0) is 10.0 Å². The Morgan fingerprint density at radius 3 is 2.56 bits per heavy atom. The number of anilines is 1. The zero-order chi connectivity index (χ0) is 20.6. The molecule has 0 bridgehead atoms. The number of carbonyl (C=O) groups excluding carboxylic acids is 1. The first kappa shape index (κ1) is 21.7. The van der Waals surface area contributed by atoms with E-state index in [1.807, 2.05) is 20.8 Å². The number of thiophene rings is 1. The van der Waals surface area contributed by atoms with Crippen molar-refractivity contribution in [3.8, 4) is 0 Å². The first-order valence-electron chi connectivity index (χ1n) is 8.20. The summed E-state index contributed by atoms with van der Waals surface area (Å²) in [4.78, 5) is 24.1. The number of urea groups is 1. The van der Waals surface area contributed by atoms with E-state index in [-0.39, 0.29) is 14.2 Å². The molecule has 0 radical (unpaired) electrons. The average molecular weight is 439 g/mol. The van der Waals surface area contributed by atoms with Gasteiger partial charge in [0.05, 0.1) is 16.1 Å². The number of amides is 3. The predicted octanol–water partition coefficient (Wildman–Crippen LogP) is 2.73. The van der Waals surface area contributed by atoms with E-state index in [2.05, 4.69) is 10.0 Å². The molecule has 3 amide bonds. The van der Waals surface area contributed by atoms with Crippen LogP contribution in [-0.4, -0.2) is 49.2 Å². The molecule has 0 aromatic carbocycles. The molecular weight excluding hydrogens is 416 g/mol. The van der Waals surface area contributed by atoms with E-state index in [0.717, 1.165) is 11.3 Å². The van der Waals surface area contributed by atoms with Gasteiger partial charge in [-0.2, -0.15) is 0 Å². The predicted molar refractivity (Wildman–Crippen MR) is 104 cm³/mol. The molecule has 1 fully saturated rings. The fourth-order valence-corrected chi connectivity index (χ4v) is 6.48. The topological polar surface area (TPSA) is 142 Å². The molecule has 1 saturated heterocycles. The number of piperidine rings is 1. The molecule has 2 atom stereocenters. The molecule has 0 saturated carbocycles. The Morgan fingerprint density at radius 2 is 2.04 bits per heavy atom. The Balaban J connectivity index is 2.38. The molecule has 27 heavy (non-hydrogen) atoms. The van der Waals surface area contributed by atoms with Crippen molar-refractivity contribution in [3.05, 3.63) is 10.4 Å². The highest BCUT2D eigenvalue weighted by Crippen LogP contribution is 2.37. The van der Waals surface area contributed by atoms with E-state index in [1.165, 1.54) is 11.0 Å². The summed E-state index contributed by atoms with van der Waals surface area (Å²) in [6.07, 6.45) is -0.0687. The number of sulfonamides is 1. The summed E-state index contributed by atoms with van der Waals surface area (Å²) >= 11 is 6.69. The number of primary amides is 1. The lowest BCUT2D eigenvalue weighted by Gasteiger charge is -2.46. The molecule has 2 heterocycles. The number of halogens is 1. The highest BCUT2D eigenvalue weighted by molar-refractivity contribution is 7.91. The van der Waals surface area contributed by atoms with E-state index in [0.29, 0.717) is 19.4 Å². The maximum absolute atomic E-state index is 12.9. The Kier molecular flexibility index (Phi) is 6.30. The van der Waals surface area contributed by atoms with Crippen LogP contribution in [0.1, 0.15) is 33.6 Å². The van der Waals surface area contributed by atoms with Gasteiger partial charge in [0.25, 0.3) is 10.0 Å². The van der Waals surface area contributed by atoms with Crippen LogP contribution in [0.2, 0.25) is 4.34 Å². The second-order valence-corrected chi connectivity index (χ2v) is 11.0. The molecule has 2 rings (SSSR count). The van der Waals surface area contributed by atoms with Crippen molar-refractivity contribution >= 4 is 50.8 Å². The van der Waals surface area contributed by atoms with Crippen LogP contribution < -0.4 is 15.8 Å². The molecule has 152 valence electrons. The summed E-state index contributed by atoms with van der Waals surface area (Å²) in [7, 11) is -4.06. The molecule has 0 aliphatic carbocycles. The molecule has 1 aliphatic heterocycles. The number of rotatable bonds is 4. The Bertz CT molecular complexity index is 834. The number of nitrogens with two attached hydrogens (primary N) is 1. The van der Waals surface area contributed by atoms with Crippen molar-refractivity contribution in [2.45, 2.75) is 49.9 Å². The van der Waals surface area contributed by atoms with Gasteiger partial charge in [0, 0.05) is 12.6 Å². The fourth-order valence-electron chi connectivity index (χ4n) is 3.42. The van der Waals surface area contributed by atoms with Gasteiger partial charge in [-0.15, -0.1) is 11.3 Å². The highest BCUT2D eigenvalue weighted by Gasteiger charge is 2.43. The Hall–Kier alpha value is -1.56. The number of carboxylic acid groups (broad SMARTS) is 1. The SMILES string of the molecule is CC(C)(C)C1[C@@H](NS(=O)(=O)c2sc(Cl)cc2NC(N)=O)CCCN1C(=O)O. The average Bonchev–Trinajstić information content (AvgIpc) is 2.86. The van der Waals surface area contributed by atoms with Crippen molar-refractivity contribution in [3.63, 3.8) is 0 Å². The summed E-state index contributed by atoms with van der Waals surface area (Å²) in [5, 5.41) is 11.8. The third kappa shape index (κ3) is 5.03. The molecule has 0 spiro atoms. The molecule has 9 nitrogen and oxygen atoms in total. The van der Waals surface area contributed by atoms with Crippen molar-refractivity contribution in [1.82, 2.24) is 9.62 Å². The summed E-state index contributed by atoms with van der Waals surface area (Å²) in [5.41, 5.74) is 4.58. The third-order valence-electron chi connectivity index (χ3n) is 4.24. The van der Waals surface area contributed by atoms with Gasteiger partial charge in [0.1, 0.15) is 0 Å². The summed E-state index contributed by atoms with van der Waals surface area (Å²) in [5.74, 6) is 0. The first-order chi connectivity index (χ1) is 12.3. The number of nitrogens with one attached hydrogen (secondary N) is 2. The van der Waals surface area contributed by atoms with E-state index >= 15 is 0 Å². The number of likely N-dealkylation sites (tertiary alicyclic amines) is 1. The largest absolute Gasteiger partial charge is 0.465 e. The second kappa shape index (κ2) is 7.82. The van der Waals surface area contributed by atoms with Crippen LogP contribution in [0.5, 0.6) is 0 Å². The van der Waals surface area contributed by atoms with Crippen LogP contribution in [0.4, 0.5) is 15.3 Å². The molecule has 5 N–H and O–H groups in total. The van der Waals surface area contributed by atoms with Crippen molar-refractivity contribution in [1.29, 1.82) is 0 Å². The first-order valence-corrected chi connectivity index (χ1v) is 10.9. The molecule has 12 heteroatoms. The summed E-state index contributed by atoms with van der Waals surface area (Å²) in [6.45, 7) is 5.93. The van der Waals surface area contributed by atoms with Crippen LogP contribution in [0.15, 0.2) is 10.3 Å². The lowest BCUT2D eigenvalue weighted by atomic mass is 9.78. The van der Waals surface area contributed by atoms with Crippen LogP contribution in [0.25, 0.3) is 0 Å². The summed E-state index contributed by atoms with van der Waals surface area (Å²) in [6, 6.07) is -0.788. The zero-order valence-corrected chi connectivity index (χ0v) is 17.5. The lowest BCUT2D eigenvalue weighted by molar-refractivity contribution is 0.0434. The van der Waals surface area contributed by atoms with E-state index < -0.39 is 39.6 Å². The zero-order valence-electron chi connectivity index (χ0n) is 15.2. The van der Waals surface area contributed by atoms with Gasteiger partial charge in [-0.1, -0.05) is 32.4 Å². The number of carbonyl (C=O) groups is 2. The molecule has 1 aromatic heterocycles. The Morgan fingerprint density at radius 1 is 1.41 bits per heavy atom. The molecule has 1 unspecified atom stereocenters. The number of nitrogens with zero attached hydrogens (tertiary/aromatic N) is 1. The quantitative estimate of drug-likeness (QED) is 0.571. The normalized spacial score (nSPS) is 21.1. The Labute approximate surface area is 166 Å². The van der Waals surface area contributed by atoms with Crippen molar-refractivity contribution in [2.75, 3.05) is 11.9 Å². The smallest absolute Gasteiger partial charge is 0.407 e. The second-order valence-electron chi connectivity index (χ2n) is 7.40. The van der Waals surface area contributed by atoms with Gasteiger partial charge in [-0.25, -0.2) is 22.7 Å². The van der Waals surface area contributed by atoms with Gasteiger partial charge in [-0.3, -0.25) is 0 Å². The van der Waals surface area contributed by atoms with Crippen LogP contribution >= 0.6 is 22.9 Å². The number of hydrogen-bond acceptors (Lipinski definition) is 5. The standard InChI is InChI=1S/C15H23ClN4O5S2/c1-15(2,3)11-8(5-4-6-20(11)14(22)23)19-27(24,25)12-9(18-13(17)21)7-10(16)26-12/h7-8,11,19H,4-6H2,1-3H3,(H,22,23)(H3,17,18,21)/t8-,11?/m0/s1. The number of hydrogen-bond donors (Lipinski definition) is 4. The summed E-state index contributed by atoms with van der Waals surface area (Å²) < 4.78 is 28.5. The maximum Gasteiger partial charge on any atom is 0.407 e. The lowest BCUT2D eigenvalue weighted by Crippen LogP contribution is -2.61. The molecule has 1 aliphatic rings. The van der Waals surface area contributed by atoms with Crippen molar-refractivity contribution < 1.29 is 23.1 Å². The highest BCUT2D eigenvalue weighted by atomic mass is 35.5.